The Morgan fingerprint density at radius 3 is 2.65 bits per heavy atom. The van der Waals surface area contributed by atoms with Gasteiger partial charge in [-0.15, -0.1) is 0 Å². The van der Waals surface area contributed by atoms with Crippen LogP contribution in [0.5, 0.6) is 0 Å². The minimum atomic E-state index is -0.458. The zero-order valence-electron chi connectivity index (χ0n) is 12.4. The number of carbonyl (C=O) groups excluding carboxylic acids is 1. The molecular formula is C14H25N3O3. The Morgan fingerprint density at radius 2 is 2.05 bits per heavy atom. The predicted octanol–water partition coefficient (Wildman–Crippen LogP) is 0.228. The topological polar surface area (TPSA) is 71.6 Å². The summed E-state index contributed by atoms with van der Waals surface area (Å²) in [5.41, 5.74) is -0.458. The second kappa shape index (κ2) is 5.16. The molecule has 0 bridgehead atoms. The highest BCUT2D eigenvalue weighted by atomic mass is 16.6. The van der Waals surface area contributed by atoms with Crippen molar-refractivity contribution < 1.29 is 14.3 Å². The summed E-state index contributed by atoms with van der Waals surface area (Å²) in [7, 11) is 0. The molecule has 4 unspecified atom stereocenters. The Morgan fingerprint density at radius 1 is 1.30 bits per heavy atom. The molecule has 1 aliphatic carbocycles. The predicted molar refractivity (Wildman–Crippen MR) is 74.6 cm³/mol. The lowest BCUT2D eigenvalue weighted by Gasteiger charge is -2.50. The number of nitrogens with one attached hydrogen (secondary N) is 3. The number of alkyl carbamates (subject to hydrolysis) is 1. The van der Waals surface area contributed by atoms with Crippen LogP contribution in [0.3, 0.4) is 0 Å². The van der Waals surface area contributed by atoms with Crippen molar-refractivity contribution in [1.29, 1.82) is 0 Å². The molecule has 6 heteroatoms. The molecule has 114 valence electrons. The first-order valence-corrected chi connectivity index (χ1v) is 7.52. The van der Waals surface area contributed by atoms with Crippen molar-refractivity contribution in [1.82, 2.24) is 16.0 Å². The third kappa shape index (κ3) is 2.77. The smallest absolute Gasteiger partial charge is 0.407 e. The third-order valence-electron chi connectivity index (χ3n) is 4.28. The molecule has 3 aliphatic rings. The molecule has 1 saturated carbocycles. The van der Waals surface area contributed by atoms with Gasteiger partial charge in [0, 0.05) is 31.7 Å². The van der Waals surface area contributed by atoms with E-state index in [2.05, 4.69) is 16.0 Å². The Balaban J connectivity index is 1.56. The van der Waals surface area contributed by atoms with Crippen molar-refractivity contribution in [3.63, 3.8) is 0 Å². The Kier molecular flexibility index (Phi) is 3.64. The van der Waals surface area contributed by atoms with Gasteiger partial charge in [-0.1, -0.05) is 0 Å². The van der Waals surface area contributed by atoms with E-state index in [0.717, 1.165) is 26.1 Å². The molecule has 0 radical (unpaired) electrons. The van der Waals surface area contributed by atoms with Gasteiger partial charge in [-0.25, -0.2) is 4.79 Å². The van der Waals surface area contributed by atoms with Crippen molar-refractivity contribution in [2.45, 2.75) is 57.0 Å². The van der Waals surface area contributed by atoms with Crippen LogP contribution in [0.25, 0.3) is 0 Å². The highest BCUT2D eigenvalue weighted by Gasteiger charge is 2.55. The summed E-state index contributed by atoms with van der Waals surface area (Å²) in [5, 5.41) is 9.85. The monoisotopic (exact) mass is 283 g/mol. The number of carbonyl (C=O) groups is 1. The molecule has 4 atom stereocenters. The molecule has 3 N–H and O–H groups in total. The maximum atomic E-state index is 12.0. The molecule has 2 saturated heterocycles. The van der Waals surface area contributed by atoms with Gasteiger partial charge in [-0.3, -0.25) is 0 Å². The fourth-order valence-corrected chi connectivity index (χ4v) is 3.22. The zero-order chi connectivity index (χ0) is 14.3. The fraction of sp³-hybridized carbons (Fsp3) is 0.929. The standard InChI is InChI=1S/C14H25N3O3/c1-14(2,3)20-13(18)17-10-9-4-5-19-12(9)11(10)16-8-6-15-7-8/h8-12,15-16H,4-7H2,1-3H3,(H,17,18). The zero-order valence-corrected chi connectivity index (χ0v) is 12.4. The third-order valence-corrected chi connectivity index (χ3v) is 4.28. The highest BCUT2D eigenvalue weighted by molar-refractivity contribution is 5.68. The molecule has 20 heavy (non-hydrogen) atoms. The number of rotatable bonds is 3. The molecule has 1 amide bonds. The normalized spacial score (nSPS) is 36.8. The van der Waals surface area contributed by atoms with Gasteiger partial charge in [0.25, 0.3) is 0 Å². The van der Waals surface area contributed by atoms with Gasteiger partial charge in [0.2, 0.25) is 0 Å². The van der Waals surface area contributed by atoms with Crippen molar-refractivity contribution in [2.75, 3.05) is 19.7 Å². The number of ether oxygens (including phenoxy) is 2. The molecule has 0 aromatic carbocycles. The summed E-state index contributed by atoms with van der Waals surface area (Å²) >= 11 is 0. The first-order valence-electron chi connectivity index (χ1n) is 7.52. The quantitative estimate of drug-likeness (QED) is 0.691. The molecular weight excluding hydrogens is 258 g/mol. The summed E-state index contributed by atoms with van der Waals surface area (Å²) in [6, 6.07) is 0.827. The summed E-state index contributed by atoms with van der Waals surface area (Å²) in [6.45, 7) is 8.42. The van der Waals surface area contributed by atoms with Gasteiger partial charge >= 0.3 is 6.09 Å². The van der Waals surface area contributed by atoms with Gasteiger partial charge in [0.1, 0.15) is 5.60 Å². The maximum Gasteiger partial charge on any atom is 0.407 e. The molecule has 0 aromatic rings. The van der Waals surface area contributed by atoms with E-state index in [1.165, 1.54) is 0 Å². The largest absolute Gasteiger partial charge is 0.444 e. The lowest BCUT2D eigenvalue weighted by atomic mass is 9.71. The Hall–Kier alpha value is -0.850. The molecule has 2 aliphatic heterocycles. The molecule has 6 nitrogen and oxygen atoms in total. The van der Waals surface area contributed by atoms with Crippen LogP contribution >= 0.6 is 0 Å². The molecule has 0 aromatic heterocycles. The van der Waals surface area contributed by atoms with E-state index in [-0.39, 0.29) is 24.3 Å². The average Bonchev–Trinajstić information content (AvgIpc) is 2.66. The average molecular weight is 283 g/mol. The van der Waals surface area contributed by atoms with E-state index in [1.54, 1.807) is 0 Å². The van der Waals surface area contributed by atoms with Gasteiger partial charge < -0.3 is 25.4 Å². The fourth-order valence-electron chi connectivity index (χ4n) is 3.22. The molecule has 2 heterocycles. The van der Waals surface area contributed by atoms with Crippen LogP contribution in [0.2, 0.25) is 0 Å². The molecule has 0 spiro atoms. The maximum absolute atomic E-state index is 12.0. The first-order chi connectivity index (χ1) is 9.44. The van der Waals surface area contributed by atoms with Crippen LogP contribution in [0.4, 0.5) is 4.79 Å². The molecule has 3 rings (SSSR count). The van der Waals surface area contributed by atoms with E-state index < -0.39 is 5.60 Å². The van der Waals surface area contributed by atoms with Crippen LogP contribution in [-0.4, -0.2) is 55.6 Å². The lowest BCUT2D eigenvalue weighted by Crippen LogP contribution is -2.74. The first kappa shape index (κ1) is 14.1. The Bertz CT molecular complexity index is 378. The summed E-state index contributed by atoms with van der Waals surface area (Å²) in [4.78, 5) is 12.0. The Labute approximate surface area is 120 Å². The van der Waals surface area contributed by atoms with Crippen molar-refractivity contribution in [3.8, 4) is 0 Å². The van der Waals surface area contributed by atoms with Crippen LogP contribution < -0.4 is 16.0 Å². The summed E-state index contributed by atoms with van der Waals surface area (Å²) in [6.07, 6.45) is 0.939. The summed E-state index contributed by atoms with van der Waals surface area (Å²) in [5.74, 6) is 0.424. The van der Waals surface area contributed by atoms with Crippen molar-refractivity contribution >= 4 is 6.09 Å². The van der Waals surface area contributed by atoms with Gasteiger partial charge in [0.15, 0.2) is 0 Å². The van der Waals surface area contributed by atoms with Crippen LogP contribution in [-0.2, 0) is 9.47 Å². The van der Waals surface area contributed by atoms with Crippen molar-refractivity contribution in [2.24, 2.45) is 5.92 Å². The van der Waals surface area contributed by atoms with E-state index in [0.29, 0.717) is 12.0 Å². The second-order valence-corrected chi connectivity index (χ2v) is 7.01. The number of fused-ring (bicyclic) bond motifs is 1. The SMILES string of the molecule is CC(C)(C)OC(=O)NC1C2CCOC2C1NC1CNC1. The van der Waals surface area contributed by atoms with Gasteiger partial charge in [0.05, 0.1) is 18.2 Å². The van der Waals surface area contributed by atoms with E-state index in [9.17, 15) is 4.79 Å². The van der Waals surface area contributed by atoms with Crippen LogP contribution in [0, 0.1) is 5.92 Å². The molecule has 3 fully saturated rings. The second-order valence-electron chi connectivity index (χ2n) is 7.01. The van der Waals surface area contributed by atoms with Crippen LogP contribution in [0.1, 0.15) is 27.2 Å². The van der Waals surface area contributed by atoms with Gasteiger partial charge in [-0.2, -0.15) is 0 Å². The van der Waals surface area contributed by atoms with Crippen LogP contribution in [0.15, 0.2) is 0 Å². The number of hydrogen-bond donors (Lipinski definition) is 3. The van der Waals surface area contributed by atoms with E-state index in [1.807, 2.05) is 20.8 Å². The number of amides is 1. The number of hydrogen-bond acceptors (Lipinski definition) is 5. The van der Waals surface area contributed by atoms with E-state index in [4.69, 9.17) is 9.47 Å². The lowest BCUT2D eigenvalue weighted by molar-refractivity contribution is -0.0396. The van der Waals surface area contributed by atoms with Gasteiger partial charge in [-0.05, 0) is 27.2 Å². The van der Waals surface area contributed by atoms with E-state index >= 15 is 0 Å². The highest BCUT2D eigenvalue weighted by Crippen LogP contribution is 2.39. The minimum Gasteiger partial charge on any atom is -0.444 e. The van der Waals surface area contributed by atoms with Crippen molar-refractivity contribution in [3.05, 3.63) is 0 Å². The summed E-state index contributed by atoms with van der Waals surface area (Å²) < 4.78 is 11.1. The minimum absolute atomic E-state index is 0.123.